The van der Waals surface area contributed by atoms with E-state index in [1.54, 1.807) is 0 Å². The molecule has 0 spiro atoms. The highest BCUT2D eigenvalue weighted by molar-refractivity contribution is 7.89. The summed E-state index contributed by atoms with van der Waals surface area (Å²) in [7, 11) is -1.45. The van der Waals surface area contributed by atoms with Crippen molar-refractivity contribution >= 4 is 21.6 Å². The largest absolute Gasteiger partial charge is 0.493 e. The molecular formula is C18H19F3N2O5S. The van der Waals surface area contributed by atoms with Crippen molar-refractivity contribution in [2.24, 2.45) is 0 Å². The highest BCUT2D eigenvalue weighted by atomic mass is 32.2. The van der Waals surface area contributed by atoms with Crippen molar-refractivity contribution in [2.45, 2.75) is 24.0 Å². The van der Waals surface area contributed by atoms with Crippen LogP contribution < -0.4 is 19.5 Å². The molecule has 29 heavy (non-hydrogen) atoms. The molecule has 2 rings (SSSR count). The molecule has 0 saturated carbocycles. The minimum Gasteiger partial charge on any atom is -0.493 e. The summed E-state index contributed by atoms with van der Waals surface area (Å²) < 4.78 is 76.4. The van der Waals surface area contributed by atoms with Crippen LogP contribution in [0.3, 0.4) is 0 Å². The lowest BCUT2D eigenvalue weighted by Crippen LogP contribution is -2.41. The fraction of sp³-hybridized carbons (Fsp3) is 0.278. The topological polar surface area (TPSA) is 93.7 Å². The number of rotatable bonds is 7. The zero-order valence-electron chi connectivity index (χ0n) is 15.7. The second-order valence-electron chi connectivity index (χ2n) is 5.89. The number of methoxy groups -OCH3 is 2. The second kappa shape index (κ2) is 8.70. The molecule has 0 fully saturated rings. The third kappa shape index (κ3) is 5.39. The molecule has 1 atom stereocenters. The molecule has 0 heterocycles. The van der Waals surface area contributed by atoms with Crippen LogP contribution in [0.1, 0.15) is 12.5 Å². The van der Waals surface area contributed by atoms with Gasteiger partial charge in [0.2, 0.25) is 15.9 Å². The molecule has 2 aromatic rings. The molecule has 1 unspecified atom stereocenters. The minimum atomic E-state index is -4.67. The molecule has 11 heteroatoms. The number of sulfonamides is 1. The average molecular weight is 432 g/mol. The van der Waals surface area contributed by atoms with E-state index in [4.69, 9.17) is 9.47 Å². The maximum Gasteiger partial charge on any atom is 0.418 e. The fourth-order valence-electron chi connectivity index (χ4n) is 2.42. The Labute approximate surface area is 165 Å². The van der Waals surface area contributed by atoms with Gasteiger partial charge in [-0.05, 0) is 31.2 Å². The van der Waals surface area contributed by atoms with Crippen LogP contribution in [0.25, 0.3) is 0 Å². The Morgan fingerprint density at radius 1 is 1.03 bits per heavy atom. The smallest absolute Gasteiger partial charge is 0.418 e. The van der Waals surface area contributed by atoms with Crippen LogP contribution in [0.15, 0.2) is 47.4 Å². The van der Waals surface area contributed by atoms with E-state index in [0.717, 1.165) is 12.1 Å². The van der Waals surface area contributed by atoms with E-state index >= 15 is 0 Å². The van der Waals surface area contributed by atoms with Gasteiger partial charge in [0.05, 0.1) is 36.4 Å². The number of hydrogen-bond donors (Lipinski definition) is 2. The van der Waals surface area contributed by atoms with Crippen LogP contribution >= 0.6 is 0 Å². The van der Waals surface area contributed by atoms with Crippen LogP contribution in [0.5, 0.6) is 11.5 Å². The Morgan fingerprint density at radius 3 is 2.24 bits per heavy atom. The number of ether oxygens (including phenoxy) is 2. The zero-order valence-corrected chi connectivity index (χ0v) is 16.5. The van der Waals surface area contributed by atoms with E-state index in [1.807, 2.05) is 0 Å². The van der Waals surface area contributed by atoms with Gasteiger partial charge in [0.15, 0.2) is 11.5 Å². The summed E-state index contributed by atoms with van der Waals surface area (Å²) in [6, 6.07) is 6.86. The summed E-state index contributed by atoms with van der Waals surface area (Å²) in [4.78, 5) is 12.1. The highest BCUT2D eigenvalue weighted by Crippen LogP contribution is 2.34. The van der Waals surface area contributed by atoms with Crippen molar-refractivity contribution in [3.63, 3.8) is 0 Å². The summed E-state index contributed by atoms with van der Waals surface area (Å²) in [6.07, 6.45) is -4.67. The van der Waals surface area contributed by atoms with Gasteiger partial charge >= 0.3 is 6.18 Å². The highest BCUT2D eigenvalue weighted by Gasteiger charge is 2.34. The summed E-state index contributed by atoms with van der Waals surface area (Å²) in [6.45, 7) is 1.21. The molecule has 1 amide bonds. The van der Waals surface area contributed by atoms with E-state index < -0.39 is 39.4 Å². The number of anilines is 1. The first-order valence-electron chi connectivity index (χ1n) is 8.21. The van der Waals surface area contributed by atoms with Crippen molar-refractivity contribution < 1.29 is 35.9 Å². The van der Waals surface area contributed by atoms with Crippen LogP contribution in [0, 0.1) is 0 Å². The van der Waals surface area contributed by atoms with Crippen LogP contribution in [0.4, 0.5) is 18.9 Å². The van der Waals surface area contributed by atoms with Gasteiger partial charge in [-0.25, -0.2) is 8.42 Å². The zero-order chi connectivity index (χ0) is 21.8. The normalized spacial score (nSPS) is 12.9. The molecule has 0 bridgehead atoms. The SMILES string of the molecule is COc1ccc(S(=O)(=O)NC(C)C(=O)Nc2ccccc2C(F)(F)F)cc1OC. The monoisotopic (exact) mass is 432 g/mol. The number of carbonyl (C=O) groups is 1. The molecule has 0 aromatic heterocycles. The predicted octanol–water partition coefficient (Wildman–Crippen LogP) is 3.03. The first kappa shape index (κ1) is 22.5. The lowest BCUT2D eigenvalue weighted by Gasteiger charge is -2.17. The Morgan fingerprint density at radius 2 is 1.66 bits per heavy atom. The van der Waals surface area contributed by atoms with Crippen molar-refractivity contribution in [3.8, 4) is 11.5 Å². The van der Waals surface area contributed by atoms with Crippen LogP contribution in [0.2, 0.25) is 0 Å². The third-order valence-electron chi connectivity index (χ3n) is 3.88. The number of nitrogens with one attached hydrogen (secondary N) is 2. The Bertz CT molecular complexity index is 993. The number of amides is 1. The van der Waals surface area contributed by atoms with E-state index in [-0.39, 0.29) is 10.6 Å². The number of alkyl halides is 3. The van der Waals surface area contributed by atoms with Gasteiger partial charge in [0.1, 0.15) is 0 Å². The molecule has 0 saturated heterocycles. The van der Waals surface area contributed by atoms with Crippen molar-refractivity contribution in [3.05, 3.63) is 48.0 Å². The van der Waals surface area contributed by atoms with Gasteiger partial charge in [0, 0.05) is 6.07 Å². The number of benzene rings is 2. The number of halogens is 3. The fourth-order valence-corrected chi connectivity index (χ4v) is 3.64. The molecule has 0 aliphatic heterocycles. The summed E-state index contributed by atoms with van der Waals surface area (Å²) in [5.74, 6) is -0.488. The minimum absolute atomic E-state index is 0.159. The van der Waals surface area contributed by atoms with Crippen LogP contribution in [-0.4, -0.2) is 34.6 Å². The number of carbonyl (C=O) groups excluding carboxylic acids is 1. The Balaban J connectivity index is 2.19. The number of para-hydroxylation sites is 1. The first-order chi connectivity index (χ1) is 13.5. The van der Waals surface area contributed by atoms with Crippen molar-refractivity contribution in [1.29, 1.82) is 0 Å². The van der Waals surface area contributed by atoms with Gasteiger partial charge in [-0.3, -0.25) is 4.79 Å². The quantitative estimate of drug-likeness (QED) is 0.702. The lowest BCUT2D eigenvalue weighted by molar-refractivity contribution is -0.137. The van der Waals surface area contributed by atoms with E-state index in [0.29, 0.717) is 5.75 Å². The van der Waals surface area contributed by atoms with Gasteiger partial charge in [-0.2, -0.15) is 17.9 Å². The summed E-state index contributed by atoms with van der Waals surface area (Å²) >= 11 is 0. The van der Waals surface area contributed by atoms with Gasteiger partial charge in [-0.15, -0.1) is 0 Å². The Kier molecular flexibility index (Phi) is 6.75. The Hall–Kier alpha value is -2.79. The lowest BCUT2D eigenvalue weighted by atomic mass is 10.1. The molecule has 158 valence electrons. The van der Waals surface area contributed by atoms with Gasteiger partial charge < -0.3 is 14.8 Å². The van der Waals surface area contributed by atoms with Crippen LogP contribution in [-0.2, 0) is 21.0 Å². The molecule has 0 radical (unpaired) electrons. The van der Waals surface area contributed by atoms with Crippen molar-refractivity contribution in [1.82, 2.24) is 4.72 Å². The maximum absolute atomic E-state index is 13.0. The molecule has 2 N–H and O–H groups in total. The van der Waals surface area contributed by atoms with Gasteiger partial charge in [-0.1, -0.05) is 12.1 Å². The van der Waals surface area contributed by atoms with E-state index in [1.165, 1.54) is 51.5 Å². The molecular weight excluding hydrogens is 413 g/mol. The van der Waals surface area contributed by atoms with E-state index in [9.17, 15) is 26.4 Å². The molecule has 7 nitrogen and oxygen atoms in total. The average Bonchev–Trinajstić information content (AvgIpc) is 2.66. The summed E-state index contributed by atoms with van der Waals surface area (Å²) in [5.41, 5.74) is -1.51. The van der Waals surface area contributed by atoms with E-state index in [2.05, 4.69) is 10.0 Å². The maximum atomic E-state index is 13.0. The summed E-state index contributed by atoms with van der Waals surface area (Å²) in [5, 5.41) is 2.10. The number of hydrogen-bond acceptors (Lipinski definition) is 5. The van der Waals surface area contributed by atoms with Crippen molar-refractivity contribution in [2.75, 3.05) is 19.5 Å². The second-order valence-corrected chi connectivity index (χ2v) is 7.61. The standard InChI is InChI=1S/C18H19F3N2O5S/c1-11(17(24)22-14-7-5-4-6-13(14)18(19,20)21)23-29(25,26)12-8-9-15(27-2)16(10-12)28-3/h4-11,23H,1-3H3,(H,22,24). The molecule has 0 aliphatic carbocycles. The molecule has 2 aromatic carbocycles. The predicted molar refractivity (Wildman–Crippen MR) is 99.4 cm³/mol. The first-order valence-corrected chi connectivity index (χ1v) is 9.69. The van der Waals surface area contributed by atoms with Gasteiger partial charge in [0.25, 0.3) is 0 Å². The molecule has 0 aliphatic rings. The third-order valence-corrected chi connectivity index (χ3v) is 5.42.